The van der Waals surface area contributed by atoms with Crippen LogP contribution < -0.4 is 9.80 Å². The summed E-state index contributed by atoms with van der Waals surface area (Å²) in [7, 11) is 0. The van der Waals surface area contributed by atoms with Gasteiger partial charge in [-0.2, -0.15) is 10.5 Å². The molecule has 6 nitrogen and oxygen atoms in total. The molecule has 0 N–H and O–H groups in total. The fourth-order valence-corrected chi connectivity index (χ4v) is 13.2. The molecule has 0 atom stereocenters. The summed E-state index contributed by atoms with van der Waals surface area (Å²) < 4.78 is 14.7. The second-order valence-electron chi connectivity index (χ2n) is 21.4. The maximum Gasteiger partial charge on any atom is 0.159 e. The number of nitriles is 2. The molecule has 2 aromatic heterocycles. The SMILES string of the molecule is Cc1cc(C#N)ccc1N(c1ccc2ccc3c(N(c4ccc(C#N)cc4C)c4cccc5c4oc4c(-c6ccccc6)cc6ccccc6c45)ccc4ccc1c2c43)c1cccc2c1oc1c(-c3ccccc3)cc3ccccc3c12. The van der Waals surface area contributed by atoms with Gasteiger partial charge >= 0.3 is 0 Å². The van der Waals surface area contributed by atoms with Gasteiger partial charge in [-0.25, -0.2) is 0 Å². The molecule has 0 unspecified atom stereocenters. The average Bonchev–Trinajstić information content (AvgIpc) is 3.62. The van der Waals surface area contributed by atoms with Gasteiger partial charge in [0.1, 0.15) is 11.2 Å². The molecule has 382 valence electrons. The van der Waals surface area contributed by atoms with Crippen LogP contribution in [0.5, 0.6) is 0 Å². The third-order valence-corrected chi connectivity index (χ3v) is 16.8. The van der Waals surface area contributed by atoms with E-state index >= 15 is 0 Å². The van der Waals surface area contributed by atoms with Crippen LogP contribution in [-0.4, -0.2) is 0 Å². The normalized spacial score (nSPS) is 11.8. The Morgan fingerprint density at radius 2 is 0.683 bits per heavy atom. The van der Waals surface area contributed by atoms with Crippen molar-refractivity contribution in [3.05, 3.63) is 265 Å². The van der Waals surface area contributed by atoms with Crippen LogP contribution in [0.25, 0.3) is 120 Å². The molecule has 0 fully saturated rings. The number of hydrogen-bond donors (Lipinski definition) is 0. The number of benzene rings is 14. The van der Waals surface area contributed by atoms with E-state index in [-0.39, 0.29) is 0 Å². The summed E-state index contributed by atoms with van der Waals surface area (Å²) in [6.07, 6.45) is 0. The minimum absolute atomic E-state index is 0.593. The van der Waals surface area contributed by atoms with Crippen LogP contribution in [0.15, 0.2) is 251 Å². The van der Waals surface area contributed by atoms with Gasteiger partial charge in [-0.15, -0.1) is 0 Å². The molecule has 0 saturated carbocycles. The lowest BCUT2D eigenvalue weighted by Gasteiger charge is -2.30. The number of furan rings is 2. The number of nitrogens with zero attached hydrogens (tertiary/aromatic N) is 4. The molecule has 2 heterocycles. The number of para-hydroxylation sites is 2. The Labute approximate surface area is 471 Å². The molecule has 16 aromatic rings. The highest BCUT2D eigenvalue weighted by atomic mass is 16.3. The molecule has 82 heavy (non-hydrogen) atoms. The second kappa shape index (κ2) is 18.2. The van der Waals surface area contributed by atoms with E-state index in [2.05, 4.69) is 242 Å². The third kappa shape index (κ3) is 6.99. The Hall–Kier alpha value is -11.2. The zero-order valence-electron chi connectivity index (χ0n) is 44.7. The first-order valence-electron chi connectivity index (χ1n) is 27.6. The molecule has 0 amide bonds. The first kappa shape index (κ1) is 46.9. The van der Waals surface area contributed by atoms with Gasteiger partial charge in [0.05, 0.1) is 46.0 Å². The van der Waals surface area contributed by atoms with Gasteiger partial charge in [-0.1, -0.05) is 170 Å². The minimum Gasteiger partial charge on any atom is -0.453 e. The van der Waals surface area contributed by atoms with Crippen LogP contribution in [0.1, 0.15) is 22.3 Å². The summed E-state index contributed by atoms with van der Waals surface area (Å²) in [6.45, 7) is 4.16. The Morgan fingerprint density at radius 3 is 1.11 bits per heavy atom. The van der Waals surface area contributed by atoms with Crippen molar-refractivity contribution in [2.45, 2.75) is 13.8 Å². The van der Waals surface area contributed by atoms with E-state index in [1.807, 2.05) is 36.4 Å². The first-order valence-corrected chi connectivity index (χ1v) is 27.6. The van der Waals surface area contributed by atoms with Crippen LogP contribution in [0.4, 0.5) is 34.1 Å². The summed E-state index contributed by atoms with van der Waals surface area (Å²) in [5.74, 6) is 0. The topological polar surface area (TPSA) is 80.3 Å². The monoisotopic (exact) mass is 1050 g/mol. The van der Waals surface area contributed by atoms with Crippen LogP contribution >= 0.6 is 0 Å². The molecule has 0 aliphatic heterocycles. The van der Waals surface area contributed by atoms with Crippen LogP contribution in [-0.2, 0) is 0 Å². The lowest BCUT2D eigenvalue weighted by Crippen LogP contribution is -2.13. The molecule has 6 heteroatoms. The maximum atomic E-state index is 10.2. The summed E-state index contributed by atoms with van der Waals surface area (Å²) in [5, 5.41) is 35.6. The fourth-order valence-electron chi connectivity index (χ4n) is 13.2. The molecule has 0 radical (unpaired) electrons. The Balaban J connectivity index is 0.963. The molecule has 0 saturated heterocycles. The number of rotatable bonds is 8. The van der Waals surface area contributed by atoms with E-state index in [1.165, 1.54) is 0 Å². The lowest BCUT2D eigenvalue weighted by molar-refractivity contribution is 0.670. The molecule has 0 aliphatic carbocycles. The fraction of sp³-hybridized carbons (Fsp3) is 0.0263. The van der Waals surface area contributed by atoms with E-state index < -0.39 is 0 Å². The van der Waals surface area contributed by atoms with Gasteiger partial charge in [-0.3, -0.25) is 0 Å². The zero-order valence-corrected chi connectivity index (χ0v) is 44.7. The maximum absolute atomic E-state index is 10.2. The van der Waals surface area contributed by atoms with Crippen LogP contribution in [0, 0.1) is 36.5 Å². The first-order chi connectivity index (χ1) is 40.4. The largest absolute Gasteiger partial charge is 0.453 e. The van der Waals surface area contributed by atoms with Crippen molar-refractivity contribution >= 4 is 132 Å². The zero-order chi connectivity index (χ0) is 54.7. The Morgan fingerprint density at radius 1 is 0.293 bits per heavy atom. The number of aryl methyl sites for hydroxylation is 2. The highest BCUT2D eigenvalue weighted by Gasteiger charge is 2.29. The van der Waals surface area contributed by atoms with Gasteiger partial charge in [-0.05, 0) is 152 Å². The van der Waals surface area contributed by atoms with Gasteiger partial charge in [0, 0.05) is 54.8 Å². The number of fused-ring (bicyclic) bond motifs is 10. The molecule has 0 spiro atoms. The van der Waals surface area contributed by atoms with Crippen molar-refractivity contribution in [1.29, 1.82) is 10.5 Å². The molecule has 0 aliphatic rings. The number of anilines is 6. The van der Waals surface area contributed by atoms with Crippen molar-refractivity contribution in [3.63, 3.8) is 0 Å². The Kier molecular flexibility index (Phi) is 10.4. The summed E-state index contributed by atoms with van der Waals surface area (Å²) in [6, 6.07) is 90.2. The van der Waals surface area contributed by atoms with Gasteiger partial charge in [0.15, 0.2) is 11.2 Å². The molecule has 14 aromatic carbocycles. The van der Waals surface area contributed by atoms with Gasteiger partial charge in [0.25, 0.3) is 0 Å². The summed E-state index contributed by atoms with van der Waals surface area (Å²) >= 11 is 0. The standard InChI is InChI=1S/C76H46N4O2/c1-45-39-47(43-77)27-35-63(45)79(67-25-13-23-59-71-55-21-11-9-19-53(55)41-61(75(71)81-73(59)67)49-15-5-3-6-16-49)65-37-31-51-30-34-58-66(38-32-52-29-33-57(65)69(51)70(52)58)80(64-36-28-48(44-78)40-46(64)2)68-26-14-24-60-72-56-22-12-10-20-54(56)42-62(76(72)82-74(60)68)50-17-7-4-8-18-50/h3-42H,1-2H3. The van der Waals surface area contributed by atoms with E-state index in [0.717, 1.165) is 165 Å². The molecular formula is C76H46N4O2. The molecule has 0 bridgehead atoms. The third-order valence-electron chi connectivity index (χ3n) is 16.8. The summed E-state index contributed by atoms with van der Waals surface area (Å²) in [5.41, 5.74) is 16.1. The van der Waals surface area contributed by atoms with E-state index in [0.29, 0.717) is 11.1 Å². The highest BCUT2D eigenvalue weighted by molar-refractivity contribution is 6.30. The van der Waals surface area contributed by atoms with Crippen molar-refractivity contribution in [1.82, 2.24) is 0 Å². The predicted octanol–water partition coefficient (Wildman–Crippen LogP) is 21.3. The smallest absolute Gasteiger partial charge is 0.159 e. The van der Waals surface area contributed by atoms with Gasteiger partial charge < -0.3 is 18.6 Å². The summed E-state index contributed by atoms with van der Waals surface area (Å²) in [4.78, 5) is 4.67. The Bertz CT molecular complexity index is 5070. The van der Waals surface area contributed by atoms with E-state index in [9.17, 15) is 10.5 Å². The lowest BCUT2D eigenvalue weighted by atomic mass is 9.91. The van der Waals surface area contributed by atoms with E-state index in [4.69, 9.17) is 8.83 Å². The second-order valence-corrected chi connectivity index (χ2v) is 21.4. The average molecular weight is 1050 g/mol. The van der Waals surface area contributed by atoms with Crippen molar-refractivity contribution in [3.8, 4) is 34.4 Å². The van der Waals surface area contributed by atoms with Crippen LogP contribution in [0.2, 0.25) is 0 Å². The quantitative estimate of drug-likeness (QED) is 0.141. The molecule has 16 rings (SSSR count). The van der Waals surface area contributed by atoms with Crippen molar-refractivity contribution < 1.29 is 8.83 Å². The van der Waals surface area contributed by atoms with Crippen molar-refractivity contribution in [2.24, 2.45) is 0 Å². The minimum atomic E-state index is 0.593. The van der Waals surface area contributed by atoms with Crippen LogP contribution in [0.3, 0.4) is 0 Å². The number of hydrogen-bond acceptors (Lipinski definition) is 6. The van der Waals surface area contributed by atoms with Gasteiger partial charge in [0.2, 0.25) is 0 Å². The molecular weight excluding hydrogens is 1000 g/mol. The predicted molar refractivity (Wildman–Crippen MR) is 339 cm³/mol. The van der Waals surface area contributed by atoms with Crippen molar-refractivity contribution in [2.75, 3.05) is 9.80 Å². The highest BCUT2D eigenvalue weighted by Crippen LogP contribution is 2.53. The van der Waals surface area contributed by atoms with E-state index in [1.54, 1.807) is 0 Å².